The molecule has 2 aliphatic heterocycles. The lowest BCUT2D eigenvalue weighted by atomic mass is 9.89. The number of piperazine rings is 1. The lowest BCUT2D eigenvalue weighted by molar-refractivity contribution is -0.120. The van der Waals surface area contributed by atoms with Gasteiger partial charge in [-0.15, -0.1) is 0 Å². The molecule has 3 aliphatic rings. The molecule has 0 bridgehead atoms. The Hall–Kier alpha value is -4.68. The molecule has 3 heterocycles. The summed E-state index contributed by atoms with van der Waals surface area (Å²) in [6.45, 7) is 4.45. The monoisotopic (exact) mass is 573 g/mol. The molecule has 3 aromatic rings. The van der Waals surface area contributed by atoms with Crippen LogP contribution >= 0.6 is 0 Å². The molecule has 2 saturated heterocycles. The van der Waals surface area contributed by atoms with E-state index in [9.17, 15) is 28.4 Å². The van der Waals surface area contributed by atoms with E-state index in [2.05, 4.69) is 20.4 Å². The van der Waals surface area contributed by atoms with E-state index >= 15 is 0 Å². The molecule has 4 amide bonds. The average Bonchev–Trinajstić information content (AvgIpc) is 3.44. The molecule has 2 aromatic carbocycles. The first-order valence-electron chi connectivity index (χ1n) is 13.7. The van der Waals surface area contributed by atoms with Crippen molar-refractivity contribution in [3.05, 3.63) is 88.1 Å². The van der Waals surface area contributed by atoms with Gasteiger partial charge in [0.05, 0.1) is 5.56 Å². The van der Waals surface area contributed by atoms with Gasteiger partial charge in [0.2, 0.25) is 11.7 Å². The maximum atomic E-state index is 14.9. The van der Waals surface area contributed by atoms with Gasteiger partial charge in [0.1, 0.15) is 5.82 Å². The summed E-state index contributed by atoms with van der Waals surface area (Å²) in [5.74, 6) is -2.20. The third-order valence-electron chi connectivity index (χ3n) is 7.80. The van der Waals surface area contributed by atoms with E-state index in [1.54, 1.807) is 36.4 Å². The average molecular weight is 574 g/mol. The van der Waals surface area contributed by atoms with Crippen LogP contribution in [0, 0.1) is 5.82 Å². The van der Waals surface area contributed by atoms with Gasteiger partial charge >= 0.3 is 6.03 Å². The van der Waals surface area contributed by atoms with Crippen molar-refractivity contribution in [2.75, 3.05) is 50.7 Å². The Labute approximate surface area is 240 Å². The molecule has 2 N–H and O–H groups in total. The number of furan rings is 1. The number of carbonyl (C=O) groups excluding carboxylic acids is 5. The normalized spacial score (nSPS) is 17.6. The number of nitrogens with zero attached hydrogens (tertiary/aromatic N) is 3. The maximum absolute atomic E-state index is 14.9. The minimum Gasteiger partial charge on any atom is -0.447 e. The van der Waals surface area contributed by atoms with Crippen LogP contribution < -0.4 is 15.5 Å². The number of rotatable bonds is 7. The summed E-state index contributed by atoms with van der Waals surface area (Å²) in [5.41, 5.74) is 1.59. The Morgan fingerprint density at radius 1 is 0.881 bits per heavy atom. The summed E-state index contributed by atoms with van der Waals surface area (Å²) in [6, 6.07) is 12.0. The number of ketones is 2. The van der Waals surface area contributed by atoms with Crippen molar-refractivity contribution < 1.29 is 32.8 Å². The van der Waals surface area contributed by atoms with Crippen molar-refractivity contribution in [3.63, 3.8) is 0 Å². The number of fused-ring (bicyclic) bond motifs is 2. The zero-order valence-electron chi connectivity index (χ0n) is 22.7. The van der Waals surface area contributed by atoms with Gasteiger partial charge in [-0.25, -0.2) is 9.18 Å². The minimum atomic E-state index is -0.551. The number of anilines is 1. The number of nitrogens with one attached hydrogen (secondary N) is 2. The standard InChI is InChI=1S/C30H28FN5O6/c31-23-15-19(36-9-7-25(37)33-30(36)41)6-5-18(23)17-35-13-11-34(12-14-35)10-8-32-29(40)24-16-22-26(38)20-3-1-2-4-21(20)27(39)28(22)42-24/h1-6,15-16H,7-14,17H2,(H,32,40)(H,33,37,41). The van der Waals surface area contributed by atoms with E-state index < -0.39 is 23.5 Å². The summed E-state index contributed by atoms with van der Waals surface area (Å²) < 4.78 is 20.4. The zero-order chi connectivity index (χ0) is 29.4. The molecule has 0 radical (unpaired) electrons. The van der Waals surface area contributed by atoms with Crippen LogP contribution in [0.25, 0.3) is 0 Å². The van der Waals surface area contributed by atoms with Gasteiger partial charge in [0, 0.05) is 87.2 Å². The van der Waals surface area contributed by atoms with Crippen LogP contribution in [0.15, 0.2) is 52.9 Å². The highest BCUT2D eigenvalue weighted by molar-refractivity contribution is 6.27. The predicted octanol–water partition coefficient (Wildman–Crippen LogP) is 2.19. The van der Waals surface area contributed by atoms with Crippen molar-refractivity contribution >= 4 is 35.1 Å². The largest absolute Gasteiger partial charge is 0.447 e. The maximum Gasteiger partial charge on any atom is 0.328 e. The molecule has 6 rings (SSSR count). The molecule has 1 aliphatic carbocycles. The van der Waals surface area contributed by atoms with Crippen LogP contribution in [-0.4, -0.2) is 85.0 Å². The van der Waals surface area contributed by atoms with Crippen LogP contribution in [0.3, 0.4) is 0 Å². The molecular weight excluding hydrogens is 545 g/mol. The highest BCUT2D eigenvalue weighted by atomic mass is 19.1. The molecule has 0 saturated carbocycles. The number of carbonyl (C=O) groups is 5. The number of urea groups is 1. The molecule has 2 fully saturated rings. The second-order valence-electron chi connectivity index (χ2n) is 10.5. The SMILES string of the molecule is O=C1CCN(c2ccc(CN3CCN(CCNC(=O)c4cc5c(o4)C(=O)c4ccccc4C5=O)CC3)c(F)c2)C(=O)N1. The number of imide groups is 1. The zero-order valence-corrected chi connectivity index (χ0v) is 22.7. The van der Waals surface area contributed by atoms with Crippen molar-refractivity contribution in [2.45, 2.75) is 13.0 Å². The van der Waals surface area contributed by atoms with Gasteiger partial charge in [-0.2, -0.15) is 0 Å². The number of hydrogen-bond donors (Lipinski definition) is 2. The first-order chi connectivity index (χ1) is 20.3. The van der Waals surface area contributed by atoms with Gasteiger partial charge in [-0.3, -0.25) is 39.2 Å². The Balaban J connectivity index is 0.968. The number of benzene rings is 2. The van der Waals surface area contributed by atoms with Crippen molar-refractivity contribution in [1.29, 1.82) is 0 Å². The fourth-order valence-electron chi connectivity index (χ4n) is 5.46. The fraction of sp³-hybridized carbons (Fsp3) is 0.300. The van der Waals surface area contributed by atoms with Crippen LogP contribution in [0.5, 0.6) is 0 Å². The van der Waals surface area contributed by atoms with Crippen LogP contribution in [-0.2, 0) is 11.3 Å². The van der Waals surface area contributed by atoms with Crippen molar-refractivity contribution in [2.24, 2.45) is 0 Å². The minimum absolute atomic E-state index is 0.0817. The lowest BCUT2D eigenvalue weighted by Crippen LogP contribution is -2.49. The first kappa shape index (κ1) is 27.5. The molecule has 0 unspecified atom stereocenters. The van der Waals surface area contributed by atoms with E-state index in [1.807, 2.05) is 0 Å². The van der Waals surface area contributed by atoms with Crippen LogP contribution in [0.4, 0.5) is 14.9 Å². The third kappa shape index (κ3) is 5.33. The molecule has 0 atom stereocenters. The van der Waals surface area contributed by atoms with E-state index in [-0.39, 0.29) is 47.3 Å². The van der Waals surface area contributed by atoms with E-state index in [1.165, 1.54) is 17.0 Å². The first-order valence-corrected chi connectivity index (χ1v) is 13.7. The molecule has 42 heavy (non-hydrogen) atoms. The summed E-state index contributed by atoms with van der Waals surface area (Å²) in [5, 5.41) is 5.03. The summed E-state index contributed by atoms with van der Waals surface area (Å²) in [6.07, 6.45) is 0.172. The third-order valence-corrected chi connectivity index (χ3v) is 7.80. The summed E-state index contributed by atoms with van der Waals surface area (Å²) >= 11 is 0. The molecule has 0 spiro atoms. The van der Waals surface area contributed by atoms with Crippen LogP contribution in [0.1, 0.15) is 54.6 Å². The molecule has 11 nitrogen and oxygen atoms in total. The van der Waals surface area contributed by atoms with E-state index in [0.29, 0.717) is 49.5 Å². The molecular formula is C30H28FN5O6. The van der Waals surface area contributed by atoms with Crippen molar-refractivity contribution in [3.8, 4) is 0 Å². The number of hydrogen-bond acceptors (Lipinski definition) is 8. The van der Waals surface area contributed by atoms with E-state index in [0.717, 1.165) is 13.1 Å². The smallest absolute Gasteiger partial charge is 0.328 e. The lowest BCUT2D eigenvalue weighted by Gasteiger charge is -2.34. The Morgan fingerprint density at radius 2 is 1.60 bits per heavy atom. The number of amides is 4. The topological polar surface area (TPSA) is 132 Å². The second kappa shape index (κ2) is 11.3. The highest BCUT2D eigenvalue weighted by Crippen LogP contribution is 2.29. The van der Waals surface area contributed by atoms with Gasteiger partial charge in [-0.05, 0) is 12.1 Å². The molecule has 12 heteroatoms. The van der Waals surface area contributed by atoms with Crippen LogP contribution in [0.2, 0.25) is 0 Å². The summed E-state index contributed by atoms with van der Waals surface area (Å²) in [7, 11) is 0. The second-order valence-corrected chi connectivity index (χ2v) is 10.5. The van der Waals surface area contributed by atoms with Gasteiger partial charge in [0.15, 0.2) is 17.3 Å². The predicted molar refractivity (Wildman–Crippen MR) is 148 cm³/mol. The fourth-order valence-corrected chi connectivity index (χ4v) is 5.46. The molecule has 1 aromatic heterocycles. The summed E-state index contributed by atoms with van der Waals surface area (Å²) in [4.78, 5) is 67.3. The van der Waals surface area contributed by atoms with E-state index in [4.69, 9.17) is 4.42 Å². The molecule has 216 valence electrons. The quantitative estimate of drug-likeness (QED) is 0.344. The number of halogens is 1. The van der Waals surface area contributed by atoms with Gasteiger partial charge < -0.3 is 9.73 Å². The Morgan fingerprint density at radius 3 is 2.31 bits per heavy atom. The highest BCUT2D eigenvalue weighted by Gasteiger charge is 2.34. The van der Waals surface area contributed by atoms with Gasteiger partial charge in [-0.1, -0.05) is 30.3 Å². The van der Waals surface area contributed by atoms with Gasteiger partial charge in [0.25, 0.3) is 5.91 Å². The Bertz CT molecular complexity index is 1560. The van der Waals surface area contributed by atoms with Crippen molar-refractivity contribution in [1.82, 2.24) is 20.4 Å². The Kier molecular flexibility index (Phi) is 7.40.